The summed E-state index contributed by atoms with van der Waals surface area (Å²) < 4.78 is 41.9. The van der Waals surface area contributed by atoms with Crippen LogP contribution in [0.2, 0.25) is 0 Å². The van der Waals surface area contributed by atoms with Gasteiger partial charge in [-0.3, -0.25) is 0 Å². The van der Waals surface area contributed by atoms with E-state index in [9.17, 15) is 13.2 Å². The van der Waals surface area contributed by atoms with E-state index in [1.165, 1.54) is 37.8 Å². The first kappa shape index (κ1) is 17.6. The number of halogens is 3. The van der Waals surface area contributed by atoms with Gasteiger partial charge >= 0.3 is 0 Å². The van der Waals surface area contributed by atoms with Crippen LogP contribution in [-0.4, -0.2) is 0 Å². The highest BCUT2D eigenvalue weighted by Gasteiger charge is 2.35. The molecule has 3 atom stereocenters. The van der Waals surface area contributed by atoms with Crippen LogP contribution in [0.1, 0.15) is 62.5 Å². The lowest BCUT2D eigenvalue weighted by Crippen LogP contribution is -2.28. The summed E-state index contributed by atoms with van der Waals surface area (Å²) in [6.45, 7) is 2.24. The van der Waals surface area contributed by atoms with Gasteiger partial charge in [0.25, 0.3) is 0 Å². The van der Waals surface area contributed by atoms with Crippen molar-refractivity contribution < 1.29 is 13.2 Å². The molecular formula is C23H25F3. The minimum absolute atomic E-state index is 0.275. The number of hydrogen-bond donors (Lipinski definition) is 0. The molecular weight excluding hydrogens is 333 g/mol. The minimum atomic E-state index is -0.675. The van der Waals surface area contributed by atoms with Gasteiger partial charge in [0.2, 0.25) is 0 Å². The molecule has 138 valence electrons. The molecule has 0 aromatic heterocycles. The van der Waals surface area contributed by atoms with E-state index in [1.807, 2.05) is 6.07 Å². The Labute approximate surface area is 153 Å². The zero-order valence-electron chi connectivity index (χ0n) is 15.2. The molecule has 3 unspecified atom stereocenters. The van der Waals surface area contributed by atoms with Gasteiger partial charge < -0.3 is 0 Å². The van der Waals surface area contributed by atoms with E-state index in [0.717, 1.165) is 42.4 Å². The summed E-state index contributed by atoms with van der Waals surface area (Å²) in [5.74, 6) is 0.203. The molecule has 2 aliphatic rings. The Bertz CT molecular complexity index is 791. The van der Waals surface area contributed by atoms with Crippen molar-refractivity contribution in [3.63, 3.8) is 0 Å². The monoisotopic (exact) mass is 358 g/mol. The Morgan fingerprint density at radius 3 is 2.42 bits per heavy atom. The highest BCUT2D eigenvalue weighted by molar-refractivity contribution is 5.66. The van der Waals surface area contributed by atoms with Crippen LogP contribution in [0.25, 0.3) is 11.1 Å². The Balaban J connectivity index is 1.67. The van der Waals surface area contributed by atoms with Crippen LogP contribution in [0.15, 0.2) is 30.3 Å². The quantitative estimate of drug-likeness (QED) is 0.553. The van der Waals surface area contributed by atoms with Gasteiger partial charge in [0, 0.05) is 11.6 Å². The third kappa shape index (κ3) is 3.28. The minimum Gasteiger partial charge on any atom is -0.207 e. The Hall–Kier alpha value is -1.77. The highest BCUT2D eigenvalue weighted by atomic mass is 19.1. The molecule has 0 aliphatic heterocycles. The molecule has 3 heteroatoms. The molecule has 0 N–H and O–H groups in total. The lowest BCUT2D eigenvalue weighted by Gasteiger charge is -2.41. The van der Waals surface area contributed by atoms with Gasteiger partial charge in [0.15, 0.2) is 0 Å². The standard InChI is InChI=1S/C23H25F3/c1-2-3-14-4-7-20-15(8-14)5-6-16-11-22(23(26)13-21(16)20)17-9-18(24)12-19(25)10-17/h9-15,20H,2-8H2,1H3. The number of aryl methyl sites for hydroxylation is 1. The Morgan fingerprint density at radius 1 is 0.923 bits per heavy atom. The zero-order valence-corrected chi connectivity index (χ0v) is 15.2. The summed E-state index contributed by atoms with van der Waals surface area (Å²) in [4.78, 5) is 0. The number of rotatable bonds is 3. The number of fused-ring (bicyclic) bond motifs is 3. The van der Waals surface area contributed by atoms with Gasteiger partial charge in [-0.1, -0.05) is 19.8 Å². The number of hydrogen-bond acceptors (Lipinski definition) is 0. The van der Waals surface area contributed by atoms with E-state index in [1.54, 1.807) is 6.07 Å². The normalized spacial score (nSPS) is 24.8. The molecule has 2 aromatic rings. The molecule has 1 fully saturated rings. The van der Waals surface area contributed by atoms with E-state index in [4.69, 9.17) is 0 Å². The average Bonchev–Trinajstić information content (AvgIpc) is 2.60. The molecule has 0 spiro atoms. The Morgan fingerprint density at radius 2 is 1.69 bits per heavy atom. The largest absolute Gasteiger partial charge is 0.207 e. The lowest BCUT2D eigenvalue weighted by molar-refractivity contribution is 0.201. The molecule has 4 rings (SSSR count). The highest BCUT2D eigenvalue weighted by Crippen LogP contribution is 2.48. The SMILES string of the molecule is CCCC1CCC2c3cc(F)c(-c4cc(F)cc(F)c4)cc3CCC2C1. The van der Waals surface area contributed by atoms with Crippen LogP contribution < -0.4 is 0 Å². The first-order valence-electron chi connectivity index (χ1n) is 9.84. The fraction of sp³-hybridized carbons (Fsp3) is 0.478. The summed E-state index contributed by atoms with van der Waals surface area (Å²) in [6, 6.07) is 6.70. The fourth-order valence-corrected chi connectivity index (χ4v) is 5.23. The van der Waals surface area contributed by atoms with Gasteiger partial charge in [-0.2, -0.15) is 0 Å². The van der Waals surface area contributed by atoms with Crippen LogP contribution in [-0.2, 0) is 6.42 Å². The topological polar surface area (TPSA) is 0 Å². The molecule has 0 heterocycles. The second-order valence-corrected chi connectivity index (χ2v) is 8.06. The predicted octanol–water partition coefficient (Wildman–Crippen LogP) is 7.02. The molecule has 0 amide bonds. The molecule has 26 heavy (non-hydrogen) atoms. The molecule has 0 saturated heterocycles. The van der Waals surface area contributed by atoms with Crippen LogP contribution >= 0.6 is 0 Å². The van der Waals surface area contributed by atoms with Crippen molar-refractivity contribution in [2.24, 2.45) is 11.8 Å². The van der Waals surface area contributed by atoms with Crippen molar-refractivity contribution in [3.8, 4) is 11.1 Å². The molecule has 2 aromatic carbocycles. The molecule has 0 nitrogen and oxygen atoms in total. The summed E-state index contributed by atoms with van der Waals surface area (Å²) >= 11 is 0. The van der Waals surface area contributed by atoms with Crippen molar-refractivity contribution in [2.75, 3.05) is 0 Å². The molecule has 2 aliphatic carbocycles. The van der Waals surface area contributed by atoms with E-state index >= 15 is 0 Å². The van der Waals surface area contributed by atoms with E-state index in [2.05, 4.69) is 6.92 Å². The summed E-state index contributed by atoms with van der Waals surface area (Å²) in [7, 11) is 0. The smallest absolute Gasteiger partial charge is 0.131 e. The van der Waals surface area contributed by atoms with E-state index in [-0.39, 0.29) is 11.4 Å². The Kier molecular flexibility index (Phi) is 4.81. The third-order valence-electron chi connectivity index (χ3n) is 6.37. The van der Waals surface area contributed by atoms with Crippen molar-refractivity contribution in [1.29, 1.82) is 0 Å². The number of benzene rings is 2. The first-order chi connectivity index (χ1) is 12.5. The van der Waals surface area contributed by atoms with E-state index in [0.29, 0.717) is 17.4 Å². The zero-order chi connectivity index (χ0) is 18.3. The van der Waals surface area contributed by atoms with Crippen molar-refractivity contribution in [3.05, 3.63) is 58.9 Å². The van der Waals surface area contributed by atoms with Crippen LogP contribution in [0, 0.1) is 29.3 Å². The van der Waals surface area contributed by atoms with E-state index < -0.39 is 11.6 Å². The van der Waals surface area contributed by atoms with Crippen molar-refractivity contribution >= 4 is 0 Å². The second kappa shape index (κ2) is 7.09. The summed E-state index contributed by atoms with van der Waals surface area (Å²) in [6.07, 6.45) is 8.23. The molecule has 0 radical (unpaired) electrons. The molecule has 0 bridgehead atoms. The van der Waals surface area contributed by atoms with Crippen molar-refractivity contribution in [2.45, 2.75) is 57.8 Å². The lowest BCUT2D eigenvalue weighted by atomic mass is 9.64. The van der Waals surface area contributed by atoms with Gasteiger partial charge in [-0.15, -0.1) is 0 Å². The maximum Gasteiger partial charge on any atom is 0.131 e. The second-order valence-electron chi connectivity index (χ2n) is 8.06. The third-order valence-corrected chi connectivity index (χ3v) is 6.37. The predicted molar refractivity (Wildman–Crippen MR) is 98.6 cm³/mol. The summed E-state index contributed by atoms with van der Waals surface area (Å²) in [5, 5.41) is 0. The van der Waals surface area contributed by atoms with Crippen molar-refractivity contribution in [1.82, 2.24) is 0 Å². The van der Waals surface area contributed by atoms with Crippen LogP contribution in [0.3, 0.4) is 0 Å². The maximum atomic E-state index is 14.8. The van der Waals surface area contributed by atoms with Gasteiger partial charge in [0.05, 0.1) is 0 Å². The van der Waals surface area contributed by atoms with Gasteiger partial charge in [-0.25, -0.2) is 13.2 Å². The fourth-order valence-electron chi connectivity index (χ4n) is 5.23. The molecule has 1 saturated carbocycles. The summed E-state index contributed by atoms with van der Waals surface area (Å²) in [5.41, 5.74) is 2.87. The van der Waals surface area contributed by atoms with Gasteiger partial charge in [0.1, 0.15) is 17.5 Å². The van der Waals surface area contributed by atoms with Gasteiger partial charge in [-0.05, 0) is 90.8 Å². The van der Waals surface area contributed by atoms with Crippen LogP contribution in [0.5, 0.6) is 0 Å². The average molecular weight is 358 g/mol. The maximum absolute atomic E-state index is 14.8. The first-order valence-corrected chi connectivity index (χ1v) is 9.84. The van der Waals surface area contributed by atoms with Crippen LogP contribution in [0.4, 0.5) is 13.2 Å².